The Balaban J connectivity index is 1.60. The summed E-state index contributed by atoms with van der Waals surface area (Å²) in [6.07, 6.45) is 6.04. The second-order valence-corrected chi connectivity index (χ2v) is 9.19. The molecule has 3 fully saturated rings. The SMILES string of the molecule is CCC1CCC2(CC1)NC(=O)N(CC(=O)c1c(C(=O)OC)c(C)n(C3CC3)c1C)C2=O. The minimum atomic E-state index is -0.890. The number of nitrogens with zero attached hydrogens (tertiary/aromatic N) is 2. The third kappa shape index (κ3) is 3.46. The van der Waals surface area contributed by atoms with Crippen LogP contribution in [0.4, 0.5) is 4.79 Å². The van der Waals surface area contributed by atoms with E-state index in [0.717, 1.165) is 37.0 Å². The van der Waals surface area contributed by atoms with Crippen LogP contribution in [0, 0.1) is 19.8 Å². The van der Waals surface area contributed by atoms with E-state index in [0.29, 0.717) is 30.1 Å². The zero-order valence-corrected chi connectivity index (χ0v) is 18.7. The minimum Gasteiger partial charge on any atom is -0.465 e. The number of nitrogens with one attached hydrogen (secondary N) is 1. The highest BCUT2D eigenvalue weighted by Crippen LogP contribution is 2.41. The van der Waals surface area contributed by atoms with E-state index in [1.807, 2.05) is 18.4 Å². The summed E-state index contributed by atoms with van der Waals surface area (Å²) in [5, 5.41) is 2.87. The molecule has 0 radical (unpaired) electrons. The highest BCUT2D eigenvalue weighted by atomic mass is 16.5. The van der Waals surface area contributed by atoms with E-state index in [4.69, 9.17) is 4.74 Å². The van der Waals surface area contributed by atoms with Crippen molar-refractivity contribution in [2.45, 2.75) is 77.3 Å². The summed E-state index contributed by atoms with van der Waals surface area (Å²) in [5.74, 6) is -0.740. The lowest BCUT2D eigenvalue weighted by molar-refractivity contribution is -0.132. The maximum Gasteiger partial charge on any atom is 0.340 e. The summed E-state index contributed by atoms with van der Waals surface area (Å²) >= 11 is 0. The number of rotatable bonds is 6. The van der Waals surface area contributed by atoms with Gasteiger partial charge in [0, 0.05) is 17.4 Å². The number of Topliss-reactive ketones (excluding diaryl/α,β-unsaturated/α-hetero) is 1. The molecular weight excluding hydrogens is 398 g/mol. The molecule has 2 saturated carbocycles. The number of hydrogen-bond acceptors (Lipinski definition) is 5. The van der Waals surface area contributed by atoms with E-state index in [9.17, 15) is 19.2 Å². The van der Waals surface area contributed by atoms with Crippen molar-refractivity contribution in [2.24, 2.45) is 5.92 Å². The number of hydrogen-bond donors (Lipinski definition) is 1. The first-order valence-electron chi connectivity index (χ1n) is 11.2. The molecule has 3 amide bonds. The lowest BCUT2D eigenvalue weighted by Crippen LogP contribution is -2.49. The van der Waals surface area contributed by atoms with Crippen molar-refractivity contribution in [3.8, 4) is 0 Å². The van der Waals surface area contributed by atoms with Crippen LogP contribution in [0.1, 0.15) is 90.0 Å². The zero-order valence-electron chi connectivity index (χ0n) is 18.7. The van der Waals surface area contributed by atoms with Crippen LogP contribution in [0.25, 0.3) is 0 Å². The number of methoxy groups -OCH3 is 1. The Kier molecular flexibility index (Phi) is 5.43. The number of amides is 3. The van der Waals surface area contributed by atoms with E-state index >= 15 is 0 Å². The fourth-order valence-corrected chi connectivity index (χ4v) is 5.39. The van der Waals surface area contributed by atoms with E-state index in [-0.39, 0.29) is 29.6 Å². The van der Waals surface area contributed by atoms with Gasteiger partial charge in [-0.25, -0.2) is 9.59 Å². The van der Waals surface area contributed by atoms with Crippen LogP contribution in [0.3, 0.4) is 0 Å². The van der Waals surface area contributed by atoms with Crippen LogP contribution in [0.15, 0.2) is 0 Å². The summed E-state index contributed by atoms with van der Waals surface area (Å²) < 4.78 is 6.95. The summed E-state index contributed by atoms with van der Waals surface area (Å²) in [7, 11) is 1.29. The van der Waals surface area contributed by atoms with Gasteiger partial charge in [-0.3, -0.25) is 14.5 Å². The number of imide groups is 1. The van der Waals surface area contributed by atoms with Crippen molar-refractivity contribution in [1.82, 2.24) is 14.8 Å². The summed E-state index contributed by atoms with van der Waals surface area (Å²) in [4.78, 5) is 52.7. The fourth-order valence-electron chi connectivity index (χ4n) is 5.39. The van der Waals surface area contributed by atoms with Gasteiger partial charge in [0.25, 0.3) is 5.91 Å². The molecule has 168 valence electrons. The Morgan fingerprint density at radius 3 is 2.23 bits per heavy atom. The molecule has 8 heteroatoms. The number of ether oxygens (including phenoxy) is 1. The highest BCUT2D eigenvalue weighted by Gasteiger charge is 2.52. The topological polar surface area (TPSA) is 97.7 Å². The van der Waals surface area contributed by atoms with Crippen LogP contribution < -0.4 is 5.32 Å². The number of carbonyl (C=O) groups excluding carboxylic acids is 4. The first kappa shape index (κ1) is 21.6. The van der Waals surface area contributed by atoms with Crippen LogP contribution in [0.5, 0.6) is 0 Å². The van der Waals surface area contributed by atoms with Gasteiger partial charge in [0.1, 0.15) is 5.54 Å². The van der Waals surface area contributed by atoms with Crippen molar-refractivity contribution in [3.05, 3.63) is 22.5 Å². The van der Waals surface area contributed by atoms with Gasteiger partial charge < -0.3 is 14.6 Å². The van der Waals surface area contributed by atoms with Crippen LogP contribution in [0.2, 0.25) is 0 Å². The van der Waals surface area contributed by atoms with Gasteiger partial charge in [-0.05, 0) is 58.3 Å². The standard InChI is InChI=1S/C23H31N3O5/c1-5-15-8-10-23(11-9-15)21(29)25(22(30)24-23)12-17(27)18-13(2)26(16-6-7-16)14(3)19(18)20(28)31-4/h15-16H,5-12H2,1-4H3,(H,24,30). The van der Waals surface area contributed by atoms with E-state index in [1.165, 1.54) is 7.11 Å². The Hall–Kier alpha value is -2.64. The molecule has 1 spiro atoms. The molecule has 0 bridgehead atoms. The molecular formula is C23H31N3O5. The van der Waals surface area contributed by atoms with Gasteiger partial charge in [0.05, 0.1) is 24.8 Å². The van der Waals surface area contributed by atoms with Crippen LogP contribution in [-0.2, 0) is 9.53 Å². The molecule has 8 nitrogen and oxygen atoms in total. The second-order valence-electron chi connectivity index (χ2n) is 9.19. The van der Waals surface area contributed by atoms with E-state index in [1.54, 1.807) is 0 Å². The van der Waals surface area contributed by atoms with Crippen LogP contribution >= 0.6 is 0 Å². The van der Waals surface area contributed by atoms with Gasteiger partial charge >= 0.3 is 12.0 Å². The normalized spacial score (nSPS) is 25.8. The molecule has 2 heterocycles. The summed E-state index contributed by atoms with van der Waals surface area (Å²) in [6.45, 7) is 5.38. The first-order valence-corrected chi connectivity index (χ1v) is 11.2. The van der Waals surface area contributed by atoms with Crippen molar-refractivity contribution in [3.63, 3.8) is 0 Å². The Morgan fingerprint density at radius 2 is 1.68 bits per heavy atom. The van der Waals surface area contributed by atoms with Gasteiger partial charge in [0.15, 0.2) is 5.78 Å². The largest absolute Gasteiger partial charge is 0.465 e. The molecule has 1 aromatic rings. The van der Waals surface area contributed by atoms with Crippen LogP contribution in [-0.4, -0.2) is 52.4 Å². The molecule has 1 N–H and O–H groups in total. The molecule has 1 aromatic heterocycles. The molecule has 4 rings (SSSR count). The van der Waals surface area contributed by atoms with Crippen molar-refractivity contribution in [1.29, 1.82) is 0 Å². The number of aromatic nitrogens is 1. The Bertz CT molecular complexity index is 951. The molecule has 0 atom stereocenters. The van der Waals surface area contributed by atoms with Gasteiger partial charge in [-0.1, -0.05) is 13.3 Å². The monoisotopic (exact) mass is 429 g/mol. The van der Waals surface area contributed by atoms with Gasteiger partial charge in [-0.2, -0.15) is 0 Å². The Morgan fingerprint density at radius 1 is 1.06 bits per heavy atom. The molecule has 1 saturated heterocycles. The molecule has 0 unspecified atom stereocenters. The smallest absolute Gasteiger partial charge is 0.340 e. The first-order chi connectivity index (χ1) is 14.7. The predicted octanol–water partition coefficient (Wildman–Crippen LogP) is 3.30. The lowest BCUT2D eigenvalue weighted by Gasteiger charge is -2.34. The second kappa shape index (κ2) is 7.80. The fraction of sp³-hybridized carbons (Fsp3) is 0.652. The summed E-state index contributed by atoms with van der Waals surface area (Å²) in [6, 6.07) is -0.248. The molecule has 31 heavy (non-hydrogen) atoms. The number of esters is 1. The number of ketones is 1. The quantitative estimate of drug-likeness (QED) is 0.425. The lowest BCUT2D eigenvalue weighted by atomic mass is 9.75. The van der Waals surface area contributed by atoms with Crippen molar-refractivity contribution in [2.75, 3.05) is 13.7 Å². The zero-order chi connectivity index (χ0) is 22.5. The summed E-state index contributed by atoms with van der Waals surface area (Å²) in [5.41, 5.74) is 0.992. The molecule has 1 aliphatic heterocycles. The van der Waals surface area contributed by atoms with Gasteiger partial charge in [0.2, 0.25) is 0 Å². The van der Waals surface area contributed by atoms with Crippen molar-refractivity contribution < 1.29 is 23.9 Å². The molecule has 3 aliphatic rings. The highest BCUT2D eigenvalue weighted by molar-refractivity contribution is 6.14. The van der Waals surface area contributed by atoms with Gasteiger partial charge in [-0.15, -0.1) is 0 Å². The van der Waals surface area contributed by atoms with Crippen molar-refractivity contribution >= 4 is 23.7 Å². The van der Waals surface area contributed by atoms with E-state index < -0.39 is 23.3 Å². The third-order valence-electron chi connectivity index (χ3n) is 7.36. The predicted molar refractivity (Wildman–Crippen MR) is 113 cm³/mol. The Labute approximate surface area is 182 Å². The third-order valence-corrected chi connectivity index (χ3v) is 7.36. The molecule has 2 aliphatic carbocycles. The molecule has 0 aromatic carbocycles. The number of carbonyl (C=O) groups is 4. The minimum absolute atomic E-state index is 0.238. The average Bonchev–Trinajstić information content (AvgIpc) is 3.51. The maximum atomic E-state index is 13.3. The average molecular weight is 430 g/mol. The van der Waals surface area contributed by atoms with E-state index in [2.05, 4.69) is 12.2 Å². The number of urea groups is 1. The maximum absolute atomic E-state index is 13.3.